The third kappa shape index (κ3) is 3.16. The molecule has 1 N–H and O–H groups in total. The molecule has 4 saturated carbocycles. The van der Waals surface area contributed by atoms with Gasteiger partial charge in [0, 0.05) is 23.7 Å². The van der Waals surface area contributed by atoms with Crippen LogP contribution in [-0.4, -0.2) is 43.2 Å². The highest BCUT2D eigenvalue weighted by Crippen LogP contribution is 2.67. The van der Waals surface area contributed by atoms with E-state index in [9.17, 15) is 9.18 Å². The zero-order valence-electron chi connectivity index (χ0n) is 17.0. The number of carbonyl (C=O) groups is 1. The minimum absolute atomic E-state index is 0.0116. The van der Waals surface area contributed by atoms with Crippen LogP contribution in [-0.2, 0) is 10.2 Å². The van der Waals surface area contributed by atoms with Crippen molar-refractivity contribution < 1.29 is 18.3 Å². The molecule has 1 amide bonds. The van der Waals surface area contributed by atoms with E-state index < -0.39 is 5.82 Å². The topological polar surface area (TPSA) is 108 Å². The molecule has 0 spiro atoms. The molecule has 0 saturated heterocycles. The number of aromatic nitrogens is 5. The number of nitrogens with zero attached hydrogens (tertiary/aromatic N) is 5. The van der Waals surface area contributed by atoms with Crippen molar-refractivity contribution in [1.82, 2.24) is 30.5 Å². The van der Waals surface area contributed by atoms with Gasteiger partial charge in [0.1, 0.15) is 11.6 Å². The number of hydrogen-bond acceptors (Lipinski definition) is 7. The van der Waals surface area contributed by atoms with Crippen molar-refractivity contribution in [3.63, 3.8) is 0 Å². The first-order valence-corrected chi connectivity index (χ1v) is 10.9. The standard InChI is InChI=1S/C21H20ClFN6O3/c22-15-2-1-14(7-16(15)23)31-8-17(30)25-21-9-20(10-21,11-21)19-27-26-18(32-19)12-5-13(6-12)29-4-3-24-28-29/h1-4,7,12-13H,5-6,8-11H2,(H,25,30). The number of nitrogens with one attached hydrogen (secondary N) is 1. The SMILES string of the molecule is O=C(COc1ccc(Cl)c(F)c1)NC12CC(c3nnc(C4CC(n5ccnn5)C4)o3)(C1)C2. The summed E-state index contributed by atoms with van der Waals surface area (Å²) in [5.74, 6) is 1.04. The van der Waals surface area contributed by atoms with E-state index in [1.165, 1.54) is 12.1 Å². The van der Waals surface area contributed by atoms with E-state index in [0.29, 0.717) is 17.8 Å². The summed E-state index contributed by atoms with van der Waals surface area (Å²) in [5, 5.41) is 19.5. The summed E-state index contributed by atoms with van der Waals surface area (Å²) < 4.78 is 26.7. The van der Waals surface area contributed by atoms with Gasteiger partial charge in [0.15, 0.2) is 6.61 Å². The second-order valence-electron chi connectivity index (χ2n) is 9.15. The molecule has 2 heterocycles. The molecule has 166 valence electrons. The predicted octanol–water partition coefficient (Wildman–Crippen LogP) is 2.94. The van der Waals surface area contributed by atoms with Crippen LogP contribution in [0.1, 0.15) is 55.8 Å². The zero-order valence-corrected chi connectivity index (χ0v) is 17.8. The minimum atomic E-state index is -0.583. The van der Waals surface area contributed by atoms with Crippen molar-refractivity contribution in [3.8, 4) is 5.75 Å². The zero-order chi connectivity index (χ0) is 21.9. The van der Waals surface area contributed by atoms with Gasteiger partial charge >= 0.3 is 0 Å². The maximum absolute atomic E-state index is 13.5. The largest absolute Gasteiger partial charge is 0.484 e. The number of carbonyl (C=O) groups excluding carboxylic acids is 1. The summed E-state index contributed by atoms with van der Waals surface area (Å²) in [6.45, 7) is -0.185. The lowest BCUT2D eigenvalue weighted by Gasteiger charge is -2.68. The van der Waals surface area contributed by atoms with E-state index in [4.69, 9.17) is 20.8 Å². The summed E-state index contributed by atoms with van der Waals surface area (Å²) in [6, 6.07) is 4.41. The Labute approximate surface area is 187 Å². The van der Waals surface area contributed by atoms with Crippen LogP contribution in [0.5, 0.6) is 5.75 Å². The van der Waals surface area contributed by atoms with E-state index >= 15 is 0 Å². The fraction of sp³-hybridized carbons (Fsp3) is 0.476. The highest BCUT2D eigenvalue weighted by molar-refractivity contribution is 6.30. The molecule has 7 rings (SSSR count). The predicted molar refractivity (Wildman–Crippen MR) is 109 cm³/mol. The molecule has 0 aliphatic heterocycles. The molecule has 4 aliphatic carbocycles. The van der Waals surface area contributed by atoms with Gasteiger partial charge in [-0.1, -0.05) is 16.8 Å². The summed E-state index contributed by atoms with van der Waals surface area (Å²) in [5.41, 5.74) is -0.372. The van der Waals surface area contributed by atoms with Crippen LogP contribution in [0.25, 0.3) is 0 Å². The van der Waals surface area contributed by atoms with Crippen molar-refractivity contribution in [2.75, 3.05) is 6.61 Å². The van der Waals surface area contributed by atoms with E-state index in [1.807, 2.05) is 10.9 Å². The first-order chi connectivity index (χ1) is 15.4. The average molecular weight is 459 g/mol. The van der Waals surface area contributed by atoms with E-state index in [2.05, 4.69) is 25.8 Å². The number of rotatable bonds is 7. The average Bonchev–Trinajstić information content (AvgIpc) is 3.36. The van der Waals surface area contributed by atoms with E-state index in [-0.39, 0.29) is 40.2 Å². The molecule has 0 atom stereocenters. The first kappa shape index (κ1) is 19.7. The highest BCUT2D eigenvalue weighted by Gasteiger charge is 2.71. The molecule has 0 radical (unpaired) electrons. The number of ether oxygens (including phenoxy) is 1. The molecule has 9 nitrogen and oxygen atoms in total. The molecule has 32 heavy (non-hydrogen) atoms. The Balaban J connectivity index is 0.993. The van der Waals surface area contributed by atoms with Crippen LogP contribution in [0.15, 0.2) is 35.0 Å². The fourth-order valence-corrected chi connectivity index (χ4v) is 5.34. The Morgan fingerprint density at radius 3 is 2.84 bits per heavy atom. The maximum atomic E-state index is 13.5. The van der Waals surface area contributed by atoms with Gasteiger partial charge < -0.3 is 14.5 Å². The van der Waals surface area contributed by atoms with Crippen LogP contribution >= 0.6 is 11.6 Å². The normalized spacial score (nSPS) is 30.1. The van der Waals surface area contributed by atoms with Crippen molar-refractivity contribution in [2.24, 2.45) is 0 Å². The summed E-state index contributed by atoms with van der Waals surface area (Å²) in [7, 11) is 0. The Hall–Kier alpha value is -3.01. The monoisotopic (exact) mass is 458 g/mol. The van der Waals surface area contributed by atoms with Crippen LogP contribution in [0.4, 0.5) is 4.39 Å². The second-order valence-corrected chi connectivity index (χ2v) is 9.56. The van der Waals surface area contributed by atoms with Gasteiger partial charge in [0.2, 0.25) is 11.8 Å². The number of halogens is 2. The summed E-state index contributed by atoms with van der Waals surface area (Å²) >= 11 is 5.65. The van der Waals surface area contributed by atoms with Gasteiger partial charge in [-0.25, -0.2) is 9.07 Å². The molecule has 11 heteroatoms. The lowest BCUT2D eigenvalue weighted by Crippen LogP contribution is -2.77. The molecule has 2 aromatic heterocycles. The minimum Gasteiger partial charge on any atom is -0.484 e. The number of benzene rings is 1. The van der Waals surface area contributed by atoms with Gasteiger partial charge in [-0.05, 0) is 44.2 Å². The lowest BCUT2D eigenvalue weighted by molar-refractivity contribution is -0.143. The van der Waals surface area contributed by atoms with Crippen molar-refractivity contribution in [3.05, 3.63) is 53.2 Å². The molecule has 4 aliphatic rings. The van der Waals surface area contributed by atoms with Gasteiger partial charge in [-0.2, -0.15) is 0 Å². The Kier molecular flexibility index (Phi) is 4.30. The lowest BCUT2D eigenvalue weighted by atomic mass is 9.39. The summed E-state index contributed by atoms with van der Waals surface area (Å²) in [4.78, 5) is 12.3. The van der Waals surface area contributed by atoms with Crippen LogP contribution < -0.4 is 10.1 Å². The molecule has 4 fully saturated rings. The highest BCUT2D eigenvalue weighted by atomic mass is 35.5. The number of amides is 1. The Bertz CT molecular complexity index is 1160. The molecule has 0 unspecified atom stereocenters. The van der Waals surface area contributed by atoms with Gasteiger partial charge in [0.05, 0.1) is 22.7 Å². The first-order valence-electron chi connectivity index (χ1n) is 10.5. The maximum Gasteiger partial charge on any atom is 0.258 e. The smallest absolute Gasteiger partial charge is 0.258 e. The molecular formula is C21H20ClFN6O3. The molecular weight excluding hydrogens is 439 g/mol. The summed E-state index contributed by atoms with van der Waals surface area (Å²) in [6.07, 6.45) is 7.69. The van der Waals surface area contributed by atoms with Crippen LogP contribution in [0.2, 0.25) is 5.02 Å². The van der Waals surface area contributed by atoms with Gasteiger partial charge in [0.25, 0.3) is 5.91 Å². The van der Waals surface area contributed by atoms with Crippen molar-refractivity contribution in [2.45, 2.75) is 55.0 Å². The van der Waals surface area contributed by atoms with Crippen molar-refractivity contribution in [1.29, 1.82) is 0 Å². The Morgan fingerprint density at radius 1 is 1.31 bits per heavy atom. The van der Waals surface area contributed by atoms with Crippen LogP contribution in [0.3, 0.4) is 0 Å². The third-order valence-corrected chi connectivity index (χ3v) is 7.17. The Morgan fingerprint density at radius 2 is 2.12 bits per heavy atom. The second kappa shape index (κ2) is 6.99. The van der Waals surface area contributed by atoms with E-state index in [0.717, 1.165) is 38.2 Å². The van der Waals surface area contributed by atoms with Crippen LogP contribution in [0, 0.1) is 5.82 Å². The van der Waals surface area contributed by atoms with Gasteiger partial charge in [-0.15, -0.1) is 15.3 Å². The number of hydrogen-bond donors (Lipinski definition) is 1. The third-order valence-electron chi connectivity index (χ3n) is 6.87. The van der Waals surface area contributed by atoms with Crippen molar-refractivity contribution >= 4 is 17.5 Å². The molecule has 3 aromatic rings. The molecule has 2 bridgehead atoms. The fourth-order valence-electron chi connectivity index (χ4n) is 5.23. The molecule has 1 aromatic carbocycles. The van der Waals surface area contributed by atoms with E-state index in [1.54, 1.807) is 6.20 Å². The van der Waals surface area contributed by atoms with Gasteiger partial charge in [-0.3, -0.25) is 4.79 Å². The quantitative estimate of drug-likeness (QED) is 0.579.